The van der Waals surface area contributed by atoms with Gasteiger partial charge in [-0.15, -0.1) is 11.3 Å². The molecule has 0 radical (unpaired) electrons. The van der Waals surface area contributed by atoms with Gasteiger partial charge in [-0.2, -0.15) is 0 Å². The lowest BCUT2D eigenvalue weighted by atomic mass is 10.1. The maximum atomic E-state index is 5.61. The Morgan fingerprint density at radius 3 is 2.76 bits per heavy atom. The summed E-state index contributed by atoms with van der Waals surface area (Å²) in [6.45, 7) is 4.77. The van der Waals surface area contributed by atoms with Gasteiger partial charge in [0.1, 0.15) is 0 Å². The average Bonchev–Trinajstić information content (AvgIpc) is 2.80. The first-order valence-electron chi connectivity index (χ1n) is 5.57. The fourth-order valence-corrected chi connectivity index (χ4v) is 2.49. The van der Waals surface area contributed by atoms with Gasteiger partial charge in [-0.3, -0.25) is 0 Å². The van der Waals surface area contributed by atoms with Gasteiger partial charge >= 0.3 is 0 Å². The van der Waals surface area contributed by atoms with Crippen molar-refractivity contribution in [3.63, 3.8) is 0 Å². The number of benzene rings is 1. The maximum Gasteiger partial charge on any atom is 0.189 e. The van der Waals surface area contributed by atoms with Gasteiger partial charge in [-0.25, -0.2) is 4.98 Å². The lowest BCUT2D eigenvalue weighted by Crippen LogP contribution is -2.10. The van der Waals surface area contributed by atoms with Gasteiger partial charge in [-0.1, -0.05) is 12.1 Å². The quantitative estimate of drug-likeness (QED) is 0.906. The summed E-state index contributed by atoms with van der Waals surface area (Å²) in [6.07, 6.45) is 1.85. The summed E-state index contributed by atoms with van der Waals surface area (Å²) in [4.78, 5) is 7.62. The summed E-state index contributed by atoms with van der Waals surface area (Å²) >= 11 is 1.64. The van der Waals surface area contributed by atoms with Gasteiger partial charge < -0.3 is 10.6 Å². The number of nitrogens with two attached hydrogens (primary N) is 1. The number of aryl methyl sites for hydroxylation is 2. The Morgan fingerprint density at radius 1 is 1.35 bits per heavy atom. The van der Waals surface area contributed by atoms with E-state index in [9.17, 15) is 0 Å². The SMILES string of the molecule is Cc1ccc(C)c(N(C)c2ncc(CN)s2)c1. The Bertz CT molecular complexity index is 519. The largest absolute Gasteiger partial charge is 0.326 e. The molecule has 17 heavy (non-hydrogen) atoms. The summed E-state index contributed by atoms with van der Waals surface area (Å²) < 4.78 is 0. The van der Waals surface area contributed by atoms with Crippen LogP contribution in [-0.2, 0) is 6.54 Å². The van der Waals surface area contributed by atoms with Crippen LogP contribution >= 0.6 is 11.3 Å². The second-order valence-electron chi connectivity index (χ2n) is 4.16. The van der Waals surface area contributed by atoms with E-state index in [4.69, 9.17) is 5.73 Å². The highest BCUT2D eigenvalue weighted by Crippen LogP contribution is 2.30. The van der Waals surface area contributed by atoms with Gasteiger partial charge in [0.05, 0.1) is 0 Å². The number of hydrogen-bond donors (Lipinski definition) is 1. The normalized spacial score (nSPS) is 10.6. The Balaban J connectivity index is 2.35. The molecule has 4 heteroatoms. The fourth-order valence-electron chi connectivity index (χ4n) is 1.73. The molecule has 1 aromatic carbocycles. The molecular formula is C13H17N3S. The highest BCUT2D eigenvalue weighted by atomic mass is 32.1. The lowest BCUT2D eigenvalue weighted by Gasteiger charge is -2.18. The van der Waals surface area contributed by atoms with E-state index >= 15 is 0 Å². The molecule has 2 N–H and O–H groups in total. The molecule has 0 aliphatic rings. The number of anilines is 2. The zero-order chi connectivity index (χ0) is 12.4. The van der Waals surface area contributed by atoms with Crippen LogP contribution in [0.2, 0.25) is 0 Å². The van der Waals surface area contributed by atoms with Crippen LogP contribution in [0.3, 0.4) is 0 Å². The van der Waals surface area contributed by atoms with Crippen LogP contribution < -0.4 is 10.6 Å². The Labute approximate surface area is 106 Å². The molecular weight excluding hydrogens is 230 g/mol. The Kier molecular flexibility index (Phi) is 3.45. The predicted molar refractivity (Wildman–Crippen MR) is 74.0 cm³/mol. The van der Waals surface area contributed by atoms with Crippen molar-refractivity contribution in [2.24, 2.45) is 5.73 Å². The first-order valence-corrected chi connectivity index (χ1v) is 6.39. The summed E-state index contributed by atoms with van der Waals surface area (Å²) in [6, 6.07) is 6.44. The molecule has 90 valence electrons. The molecule has 0 spiro atoms. The summed E-state index contributed by atoms with van der Waals surface area (Å²) in [7, 11) is 2.04. The van der Waals surface area contributed by atoms with Gasteiger partial charge in [-0.05, 0) is 31.0 Å². The van der Waals surface area contributed by atoms with Crippen LogP contribution in [-0.4, -0.2) is 12.0 Å². The third-order valence-electron chi connectivity index (χ3n) is 2.76. The molecule has 0 fully saturated rings. The highest BCUT2D eigenvalue weighted by molar-refractivity contribution is 7.15. The van der Waals surface area contributed by atoms with Crippen LogP contribution in [0.1, 0.15) is 16.0 Å². The first kappa shape index (κ1) is 12.1. The van der Waals surface area contributed by atoms with Crippen LogP contribution in [0.4, 0.5) is 10.8 Å². The topological polar surface area (TPSA) is 42.2 Å². The number of rotatable bonds is 3. The Hall–Kier alpha value is -1.39. The van der Waals surface area contributed by atoms with Crippen LogP contribution in [0.25, 0.3) is 0 Å². The fraction of sp³-hybridized carbons (Fsp3) is 0.308. The highest BCUT2D eigenvalue weighted by Gasteiger charge is 2.10. The Morgan fingerprint density at radius 2 is 2.12 bits per heavy atom. The van der Waals surface area contributed by atoms with Crippen molar-refractivity contribution in [1.82, 2.24) is 4.98 Å². The molecule has 3 nitrogen and oxygen atoms in total. The third-order valence-corrected chi connectivity index (χ3v) is 3.85. The molecule has 2 rings (SSSR count). The summed E-state index contributed by atoms with van der Waals surface area (Å²) in [5.41, 5.74) is 9.31. The van der Waals surface area contributed by atoms with Crippen molar-refractivity contribution in [3.05, 3.63) is 40.4 Å². The molecule has 0 bridgehead atoms. The maximum absolute atomic E-state index is 5.61. The van der Waals surface area contributed by atoms with E-state index in [1.54, 1.807) is 11.3 Å². The zero-order valence-electron chi connectivity index (χ0n) is 10.4. The molecule has 0 aliphatic carbocycles. The van der Waals surface area contributed by atoms with Gasteiger partial charge in [0.25, 0.3) is 0 Å². The molecule has 2 aromatic rings. The molecule has 0 amide bonds. The van der Waals surface area contributed by atoms with E-state index in [1.807, 2.05) is 13.2 Å². The minimum absolute atomic E-state index is 0.554. The van der Waals surface area contributed by atoms with E-state index in [-0.39, 0.29) is 0 Å². The predicted octanol–water partition coefficient (Wildman–Crippen LogP) is 2.99. The minimum atomic E-state index is 0.554. The number of nitrogens with zero attached hydrogens (tertiary/aromatic N) is 2. The smallest absolute Gasteiger partial charge is 0.189 e. The standard InChI is InChI=1S/C13H17N3S/c1-9-4-5-10(2)12(6-9)16(3)13-15-8-11(7-14)17-13/h4-6,8H,7,14H2,1-3H3. The molecule has 0 saturated carbocycles. The van der Waals surface area contributed by atoms with Gasteiger partial charge in [0.2, 0.25) is 0 Å². The van der Waals surface area contributed by atoms with Crippen LogP contribution in [0.15, 0.2) is 24.4 Å². The summed E-state index contributed by atoms with van der Waals surface area (Å²) in [5, 5.41) is 0.985. The molecule has 1 heterocycles. The first-order chi connectivity index (χ1) is 8.11. The van der Waals surface area contributed by atoms with E-state index in [1.165, 1.54) is 16.8 Å². The second-order valence-corrected chi connectivity index (χ2v) is 5.26. The monoisotopic (exact) mass is 247 g/mol. The molecule has 0 unspecified atom stereocenters. The second kappa shape index (κ2) is 4.85. The molecule has 1 aromatic heterocycles. The van der Waals surface area contributed by atoms with Crippen molar-refractivity contribution < 1.29 is 0 Å². The van der Waals surface area contributed by atoms with Crippen molar-refractivity contribution in [3.8, 4) is 0 Å². The number of aromatic nitrogens is 1. The third kappa shape index (κ3) is 2.48. The van der Waals surface area contributed by atoms with E-state index in [0.29, 0.717) is 6.54 Å². The summed E-state index contributed by atoms with van der Waals surface area (Å²) in [5.74, 6) is 0. The van der Waals surface area contributed by atoms with Crippen molar-refractivity contribution >= 4 is 22.2 Å². The van der Waals surface area contributed by atoms with E-state index < -0.39 is 0 Å². The lowest BCUT2D eigenvalue weighted by molar-refractivity contribution is 1.09. The van der Waals surface area contributed by atoms with Crippen molar-refractivity contribution in [2.75, 3.05) is 11.9 Å². The van der Waals surface area contributed by atoms with Gasteiger partial charge in [0, 0.05) is 30.4 Å². The van der Waals surface area contributed by atoms with Crippen molar-refractivity contribution in [1.29, 1.82) is 0 Å². The van der Waals surface area contributed by atoms with Crippen molar-refractivity contribution in [2.45, 2.75) is 20.4 Å². The van der Waals surface area contributed by atoms with Crippen LogP contribution in [0, 0.1) is 13.8 Å². The average molecular weight is 247 g/mol. The molecule has 0 saturated heterocycles. The minimum Gasteiger partial charge on any atom is -0.326 e. The molecule has 0 atom stereocenters. The van der Waals surface area contributed by atoms with Crippen LogP contribution in [0.5, 0.6) is 0 Å². The van der Waals surface area contributed by atoms with E-state index in [0.717, 1.165) is 10.0 Å². The molecule has 0 aliphatic heterocycles. The van der Waals surface area contributed by atoms with E-state index in [2.05, 4.69) is 41.9 Å². The zero-order valence-corrected chi connectivity index (χ0v) is 11.2. The number of hydrogen-bond acceptors (Lipinski definition) is 4. The van der Waals surface area contributed by atoms with Gasteiger partial charge in [0.15, 0.2) is 5.13 Å². The number of thiazole rings is 1.